The minimum Gasteiger partial charge on any atom is -0.134 e. The van der Waals surface area contributed by atoms with E-state index in [1.54, 1.807) is 0 Å². The minimum absolute atomic E-state index is 0.401. The Kier molecular flexibility index (Phi) is 3.46. The lowest BCUT2D eigenvalue weighted by molar-refractivity contribution is 0.853. The summed E-state index contributed by atoms with van der Waals surface area (Å²) in [5.74, 6) is 0.401. The molecule has 1 atom stereocenters. The molecule has 2 aliphatic carbocycles. The monoisotopic (exact) mass is 284 g/mol. The van der Waals surface area contributed by atoms with Crippen molar-refractivity contribution in [2.24, 2.45) is 5.92 Å². The molecule has 1 unspecified atom stereocenters. The Hall–Kier alpha value is -0.243. The maximum Gasteiger partial charge on any atom is 0.303 e. The summed E-state index contributed by atoms with van der Waals surface area (Å²) in [5, 5.41) is 2.52. The quantitative estimate of drug-likeness (QED) is 0.485. The standard InChI is InChI=1S/C14H18Cl2Si/c1-9-10(2)12(4)14(11(9)3)17(15,16)13-7-5-6-8-13/h5-7,11H,8H2,1-4H3. The minimum atomic E-state index is -2.47. The van der Waals surface area contributed by atoms with Crippen molar-refractivity contribution in [2.75, 3.05) is 0 Å². The normalized spacial score (nSPS) is 25.1. The summed E-state index contributed by atoms with van der Waals surface area (Å²) in [6.07, 6.45) is 7.21. The summed E-state index contributed by atoms with van der Waals surface area (Å²) in [7, 11) is 0. The van der Waals surface area contributed by atoms with Gasteiger partial charge in [0.25, 0.3) is 0 Å². The van der Waals surface area contributed by atoms with Gasteiger partial charge in [0.2, 0.25) is 0 Å². The lowest BCUT2D eigenvalue weighted by Crippen LogP contribution is -2.30. The molecule has 0 aliphatic heterocycles. The Bertz CT molecular complexity index is 478. The molecule has 0 radical (unpaired) electrons. The molecule has 17 heavy (non-hydrogen) atoms. The van der Waals surface area contributed by atoms with E-state index in [9.17, 15) is 0 Å². The van der Waals surface area contributed by atoms with Crippen LogP contribution in [0, 0.1) is 5.92 Å². The van der Waals surface area contributed by atoms with Gasteiger partial charge in [0.1, 0.15) is 0 Å². The van der Waals surface area contributed by atoms with E-state index in [2.05, 4.69) is 45.9 Å². The molecule has 2 aliphatic rings. The highest BCUT2D eigenvalue weighted by Crippen LogP contribution is 2.48. The molecule has 0 bridgehead atoms. The molecule has 0 spiro atoms. The second kappa shape index (κ2) is 4.45. The fourth-order valence-electron chi connectivity index (χ4n) is 2.72. The first-order valence-electron chi connectivity index (χ1n) is 6.00. The van der Waals surface area contributed by atoms with Crippen molar-refractivity contribution in [3.05, 3.63) is 45.3 Å². The maximum atomic E-state index is 6.78. The van der Waals surface area contributed by atoms with Crippen LogP contribution in [-0.4, -0.2) is 6.69 Å². The van der Waals surface area contributed by atoms with Crippen LogP contribution in [0.25, 0.3) is 0 Å². The molecule has 0 nitrogen and oxygen atoms in total. The Balaban J connectivity index is 2.43. The molecule has 0 fully saturated rings. The average Bonchev–Trinajstić information content (AvgIpc) is 2.85. The van der Waals surface area contributed by atoms with E-state index in [0.29, 0.717) is 5.92 Å². The largest absolute Gasteiger partial charge is 0.303 e. The van der Waals surface area contributed by atoms with E-state index in [1.807, 2.05) is 0 Å². The molecule has 3 heteroatoms. The van der Waals surface area contributed by atoms with Crippen LogP contribution in [-0.2, 0) is 0 Å². The van der Waals surface area contributed by atoms with E-state index in [0.717, 1.165) is 6.42 Å². The lowest BCUT2D eigenvalue weighted by Gasteiger charge is -2.25. The van der Waals surface area contributed by atoms with E-state index in [-0.39, 0.29) is 0 Å². The molecule has 0 N–H and O–H groups in total. The van der Waals surface area contributed by atoms with Crippen LogP contribution >= 0.6 is 22.2 Å². The number of hydrogen-bond donors (Lipinski definition) is 0. The number of allylic oxidation sites excluding steroid dienone is 8. The smallest absolute Gasteiger partial charge is 0.134 e. The number of hydrogen-bond acceptors (Lipinski definition) is 0. The van der Waals surface area contributed by atoms with Crippen LogP contribution in [0.1, 0.15) is 34.1 Å². The predicted molar refractivity (Wildman–Crippen MR) is 79.5 cm³/mol. The molecule has 92 valence electrons. The first kappa shape index (κ1) is 13.2. The Labute approximate surface area is 114 Å². The molecular formula is C14H18Cl2Si. The van der Waals surface area contributed by atoms with E-state index < -0.39 is 6.69 Å². The summed E-state index contributed by atoms with van der Waals surface area (Å²) in [6.45, 7) is 6.28. The van der Waals surface area contributed by atoms with E-state index in [1.165, 1.54) is 27.1 Å². The van der Waals surface area contributed by atoms with Crippen LogP contribution in [0.2, 0.25) is 0 Å². The Morgan fingerprint density at radius 1 is 1.18 bits per heavy atom. The topological polar surface area (TPSA) is 0 Å². The highest BCUT2D eigenvalue weighted by atomic mass is 35.7. The van der Waals surface area contributed by atoms with Crippen LogP contribution in [0.5, 0.6) is 0 Å². The zero-order chi connectivity index (χ0) is 12.8. The average molecular weight is 285 g/mol. The van der Waals surface area contributed by atoms with Crippen molar-refractivity contribution in [3.8, 4) is 0 Å². The third kappa shape index (κ3) is 1.99. The van der Waals surface area contributed by atoms with Gasteiger partial charge in [-0.1, -0.05) is 30.7 Å². The van der Waals surface area contributed by atoms with Gasteiger partial charge in [-0.3, -0.25) is 0 Å². The SMILES string of the molecule is CC1=C(C)C(C)C([Si](Cl)(Cl)C2=CC=CC2)=C1C. The summed E-state index contributed by atoms with van der Waals surface area (Å²) in [6, 6.07) is 0. The molecule has 0 aromatic heterocycles. The van der Waals surface area contributed by atoms with Gasteiger partial charge in [-0.25, -0.2) is 0 Å². The first-order valence-corrected chi connectivity index (χ1v) is 10.0. The highest BCUT2D eigenvalue weighted by Gasteiger charge is 2.44. The van der Waals surface area contributed by atoms with Gasteiger partial charge in [-0.05, 0) is 54.6 Å². The number of rotatable bonds is 2. The van der Waals surface area contributed by atoms with Gasteiger partial charge in [0.15, 0.2) is 0 Å². The molecule has 0 amide bonds. The summed E-state index contributed by atoms with van der Waals surface area (Å²) < 4.78 is 0. The fraction of sp³-hybridized carbons (Fsp3) is 0.429. The molecule has 0 heterocycles. The molecule has 2 rings (SSSR count). The van der Waals surface area contributed by atoms with Crippen LogP contribution < -0.4 is 0 Å². The van der Waals surface area contributed by atoms with Crippen molar-refractivity contribution in [1.82, 2.24) is 0 Å². The zero-order valence-electron chi connectivity index (χ0n) is 10.8. The summed E-state index contributed by atoms with van der Waals surface area (Å²) >= 11 is 13.6. The fourth-order valence-corrected chi connectivity index (χ4v) is 7.84. The Morgan fingerprint density at radius 2 is 1.82 bits per heavy atom. The molecule has 0 aromatic carbocycles. The van der Waals surface area contributed by atoms with Crippen LogP contribution in [0.4, 0.5) is 0 Å². The number of halogens is 2. The molecular weight excluding hydrogens is 267 g/mol. The van der Waals surface area contributed by atoms with Crippen molar-refractivity contribution in [2.45, 2.75) is 34.1 Å². The molecule has 0 saturated heterocycles. The summed E-state index contributed by atoms with van der Waals surface area (Å²) in [4.78, 5) is 0. The zero-order valence-corrected chi connectivity index (χ0v) is 13.3. The van der Waals surface area contributed by atoms with Gasteiger partial charge in [0, 0.05) is 0 Å². The van der Waals surface area contributed by atoms with Crippen LogP contribution in [0.3, 0.4) is 0 Å². The third-order valence-electron chi connectivity index (χ3n) is 4.15. The molecule has 0 aromatic rings. The summed E-state index contributed by atoms with van der Waals surface area (Å²) in [5.41, 5.74) is 4.11. The lowest BCUT2D eigenvalue weighted by atomic mass is 10.1. The van der Waals surface area contributed by atoms with E-state index >= 15 is 0 Å². The van der Waals surface area contributed by atoms with Crippen molar-refractivity contribution in [1.29, 1.82) is 0 Å². The third-order valence-corrected chi connectivity index (χ3v) is 9.49. The predicted octanol–water partition coefficient (Wildman–Crippen LogP) is 5.17. The van der Waals surface area contributed by atoms with Crippen molar-refractivity contribution < 1.29 is 0 Å². The second-order valence-electron chi connectivity index (χ2n) is 4.97. The van der Waals surface area contributed by atoms with Gasteiger partial charge in [-0.2, -0.15) is 0 Å². The Morgan fingerprint density at radius 3 is 2.24 bits per heavy atom. The van der Waals surface area contributed by atoms with Gasteiger partial charge in [0.05, 0.1) is 0 Å². The second-order valence-corrected chi connectivity index (χ2v) is 11.3. The maximum absolute atomic E-state index is 6.78. The van der Waals surface area contributed by atoms with Gasteiger partial charge in [-0.15, -0.1) is 22.2 Å². The first-order chi connectivity index (χ1) is 7.87. The highest BCUT2D eigenvalue weighted by molar-refractivity contribution is 7.51. The van der Waals surface area contributed by atoms with Crippen molar-refractivity contribution >= 4 is 28.9 Å². The van der Waals surface area contributed by atoms with E-state index in [4.69, 9.17) is 22.2 Å². The van der Waals surface area contributed by atoms with Crippen LogP contribution in [0.15, 0.2) is 45.3 Å². The molecule has 0 saturated carbocycles. The van der Waals surface area contributed by atoms with Gasteiger partial charge < -0.3 is 0 Å². The van der Waals surface area contributed by atoms with Gasteiger partial charge >= 0.3 is 6.69 Å². The van der Waals surface area contributed by atoms with Crippen molar-refractivity contribution in [3.63, 3.8) is 0 Å².